The smallest absolute Gasteiger partial charge is 0.244 e. The van der Waals surface area contributed by atoms with Crippen LogP contribution in [0.4, 0.5) is 5.69 Å². The lowest BCUT2D eigenvalue weighted by Gasteiger charge is -2.33. The minimum atomic E-state index is -3.90. The van der Waals surface area contributed by atoms with Gasteiger partial charge in [0.2, 0.25) is 21.8 Å². The van der Waals surface area contributed by atoms with Gasteiger partial charge in [-0.2, -0.15) is 0 Å². The van der Waals surface area contributed by atoms with Crippen LogP contribution in [0.3, 0.4) is 0 Å². The van der Waals surface area contributed by atoms with Crippen LogP contribution in [0.15, 0.2) is 42.5 Å². The lowest BCUT2D eigenvalue weighted by Crippen LogP contribution is -2.52. The van der Waals surface area contributed by atoms with Crippen LogP contribution < -0.4 is 9.62 Å². The number of benzene rings is 2. The van der Waals surface area contributed by atoms with Crippen LogP contribution in [-0.4, -0.2) is 56.3 Å². The molecule has 0 heterocycles. The minimum Gasteiger partial charge on any atom is -0.355 e. The maximum absolute atomic E-state index is 13.6. The Morgan fingerprint density at radius 1 is 1.03 bits per heavy atom. The summed E-state index contributed by atoms with van der Waals surface area (Å²) >= 11 is 12.1. The summed E-state index contributed by atoms with van der Waals surface area (Å²) in [5, 5.41) is 3.36. The van der Waals surface area contributed by atoms with E-state index in [1.54, 1.807) is 44.2 Å². The molecule has 0 aliphatic heterocycles. The first-order chi connectivity index (χ1) is 16.4. The average Bonchev–Trinajstić information content (AvgIpc) is 2.79. The van der Waals surface area contributed by atoms with Gasteiger partial charge in [0.1, 0.15) is 12.6 Å². The zero-order chi connectivity index (χ0) is 26.3. The highest BCUT2D eigenvalue weighted by Gasteiger charge is 2.31. The molecule has 0 spiro atoms. The molecule has 0 saturated heterocycles. The van der Waals surface area contributed by atoms with Crippen molar-refractivity contribution >= 4 is 56.5 Å². The fourth-order valence-electron chi connectivity index (χ4n) is 3.54. The molecule has 0 aliphatic rings. The van der Waals surface area contributed by atoms with Crippen LogP contribution in [0.2, 0.25) is 10.0 Å². The summed E-state index contributed by atoms with van der Waals surface area (Å²) in [5.41, 5.74) is 1.11. The number of carbonyl (C=O) groups is 3. The van der Waals surface area contributed by atoms with Gasteiger partial charge in [0, 0.05) is 18.7 Å². The standard InChI is InChI=1S/C24H29Cl2N3O5S/c1-5-22(24(32)27-6-2)28(14-17-10-11-20(25)21(26)12-17)23(31)15-29(35(4,33)34)19-9-7-8-18(13-19)16(3)30/h7-13,22H,5-6,14-15H2,1-4H3,(H,27,32)/t22-/m0/s1. The maximum Gasteiger partial charge on any atom is 0.244 e. The summed E-state index contributed by atoms with van der Waals surface area (Å²) in [6.45, 7) is 4.72. The van der Waals surface area contributed by atoms with Crippen LogP contribution >= 0.6 is 23.2 Å². The van der Waals surface area contributed by atoms with E-state index in [2.05, 4.69) is 5.32 Å². The predicted octanol–water partition coefficient (Wildman–Crippen LogP) is 3.91. The van der Waals surface area contributed by atoms with Gasteiger partial charge in [-0.25, -0.2) is 8.42 Å². The summed E-state index contributed by atoms with van der Waals surface area (Å²) in [7, 11) is -3.90. The first kappa shape index (κ1) is 28.6. The van der Waals surface area contributed by atoms with Crippen molar-refractivity contribution < 1.29 is 22.8 Å². The molecule has 35 heavy (non-hydrogen) atoms. The van der Waals surface area contributed by atoms with Gasteiger partial charge in [0.25, 0.3) is 0 Å². The zero-order valence-corrected chi connectivity index (χ0v) is 22.4. The second kappa shape index (κ2) is 12.4. The first-order valence-corrected chi connectivity index (χ1v) is 13.6. The largest absolute Gasteiger partial charge is 0.355 e. The Bertz CT molecular complexity index is 1200. The van der Waals surface area contributed by atoms with Gasteiger partial charge in [0.05, 0.1) is 22.0 Å². The molecule has 0 bridgehead atoms. The van der Waals surface area contributed by atoms with Gasteiger partial charge in [0.15, 0.2) is 5.78 Å². The topological polar surface area (TPSA) is 104 Å². The second-order valence-electron chi connectivity index (χ2n) is 7.96. The summed E-state index contributed by atoms with van der Waals surface area (Å²) in [6, 6.07) is 10.1. The normalized spacial score (nSPS) is 12.1. The lowest BCUT2D eigenvalue weighted by molar-refractivity contribution is -0.140. The molecule has 2 aromatic rings. The lowest BCUT2D eigenvalue weighted by atomic mass is 10.1. The molecule has 0 unspecified atom stereocenters. The third-order valence-electron chi connectivity index (χ3n) is 5.29. The Labute approximate surface area is 216 Å². The third-order valence-corrected chi connectivity index (χ3v) is 7.17. The Kier molecular flexibility index (Phi) is 10.1. The number of hydrogen-bond acceptors (Lipinski definition) is 5. The number of Topliss-reactive ketones (excluding diaryl/α,β-unsaturated/α-hetero) is 1. The SMILES string of the molecule is CCNC(=O)[C@H](CC)N(Cc1ccc(Cl)c(Cl)c1)C(=O)CN(c1cccc(C(C)=O)c1)S(C)(=O)=O. The fourth-order valence-corrected chi connectivity index (χ4v) is 4.70. The number of hydrogen-bond donors (Lipinski definition) is 1. The van der Waals surface area contributed by atoms with E-state index in [1.807, 2.05) is 0 Å². The van der Waals surface area contributed by atoms with Crippen molar-refractivity contribution in [2.45, 2.75) is 39.8 Å². The van der Waals surface area contributed by atoms with Gasteiger partial charge in [-0.15, -0.1) is 0 Å². The molecule has 0 radical (unpaired) electrons. The van der Waals surface area contributed by atoms with E-state index >= 15 is 0 Å². The van der Waals surface area contributed by atoms with E-state index in [-0.39, 0.29) is 23.9 Å². The van der Waals surface area contributed by atoms with E-state index in [0.717, 1.165) is 10.6 Å². The maximum atomic E-state index is 13.6. The van der Waals surface area contributed by atoms with E-state index < -0.39 is 28.5 Å². The number of anilines is 1. The number of carbonyl (C=O) groups excluding carboxylic acids is 3. The molecule has 0 aliphatic carbocycles. The van der Waals surface area contributed by atoms with Crippen LogP contribution in [0, 0.1) is 0 Å². The van der Waals surface area contributed by atoms with Gasteiger partial charge in [-0.05, 0) is 50.1 Å². The Morgan fingerprint density at radius 2 is 1.71 bits per heavy atom. The summed E-state index contributed by atoms with van der Waals surface area (Å²) < 4.78 is 26.2. The zero-order valence-electron chi connectivity index (χ0n) is 20.0. The van der Waals surface area contributed by atoms with E-state index in [9.17, 15) is 22.8 Å². The molecule has 1 N–H and O–H groups in total. The summed E-state index contributed by atoms with van der Waals surface area (Å²) in [6.07, 6.45) is 1.28. The number of halogens is 2. The van der Waals surface area contributed by atoms with Gasteiger partial charge in [-0.3, -0.25) is 18.7 Å². The van der Waals surface area contributed by atoms with Gasteiger partial charge >= 0.3 is 0 Å². The van der Waals surface area contributed by atoms with Crippen LogP contribution in [0.5, 0.6) is 0 Å². The van der Waals surface area contributed by atoms with Crippen molar-refractivity contribution in [3.8, 4) is 0 Å². The Morgan fingerprint density at radius 3 is 2.26 bits per heavy atom. The van der Waals surface area contributed by atoms with Crippen molar-refractivity contribution in [3.05, 3.63) is 63.6 Å². The molecule has 8 nitrogen and oxygen atoms in total. The number of rotatable bonds is 11. The molecule has 0 saturated carbocycles. The van der Waals surface area contributed by atoms with Gasteiger partial charge in [-0.1, -0.05) is 48.3 Å². The van der Waals surface area contributed by atoms with E-state index in [0.29, 0.717) is 34.1 Å². The second-order valence-corrected chi connectivity index (χ2v) is 10.7. The summed E-state index contributed by atoms with van der Waals surface area (Å²) in [5.74, 6) is -1.18. The van der Waals surface area contributed by atoms with Crippen LogP contribution in [0.25, 0.3) is 0 Å². The quantitative estimate of drug-likeness (QED) is 0.434. The first-order valence-electron chi connectivity index (χ1n) is 11.0. The van der Waals surface area contributed by atoms with E-state index in [4.69, 9.17) is 23.2 Å². The highest BCUT2D eigenvalue weighted by atomic mass is 35.5. The molecule has 0 aromatic heterocycles. The molecular weight excluding hydrogens is 513 g/mol. The fraction of sp³-hybridized carbons (Fsp3) is 0.375. The minimum absolute atomic E-state index is 0.0104. The monoisotopic (exact) mass is 541 g/mol. The number of likely N-dealkylation sites (N-methyl/N-ethyl adjacent to an activating group) is 1. The number of nitrogens with zero attached hydrogens (tertiary/aromatic N) is 2. The van der Waals surface area contributed by atoms with Crippen LogP contribution in [0.1, 0.15) is 43.1 Å². The number of sulfonamides is 1. The molecule has 11 heteroatoms. The number of ketones is 1. The van der Waals surface area contributed by atoms with E-state index in [1.165, 1.54) is 24.0 Å². The molecule has 0 fully saturated rings. The van der Waals surface area contributed by atoms with Gasteiger partial charge < -0.3 is 10.2 Å². The average molecular weight is 542 g/mol. The molecule has 190 valence electrons. The Balaban J connectivity index is 2.49. The molecular formula is C24H29Cl2N3O5S. The van der Waals surface area contributed by atoms with Crippen molar-refractivity contribution in [3.63, 3.8) is 0 Å². The van der Waals surface area contributed by atoms with Crippen molar-refractivity contribution in [1.29, 1.82) is 0 Å². The highest BCUT2D eigenvalue weighted by molar-refractivity contribution is 7.92. The highest BCUT2D eigenvalue weighted by Crippen LogP contribution is 2.25. The number of nitrogens with one attached hydrogen (secondary N) is 1. The predicted molar refractivity (Wildman–Crippen MR) is 138 cm³/mol. The van der Waals surface area contributed by atoms with Crippen molar-refractivity contribution in [1.82, 2.24) is 10.2 Å². The molecule has 1 atom stereocenters. The Hall–Kier alpha value is -2.62. The molecule has 2 amide bonds. The summed E-state index contributed by atoms with van der Waals surface area (Å²) in [4.78, 5) is 39.5. The third kappa shape index (κ3) is 7.68. The van der Waals surface area contributed by atoms with Crippen molar-refractivity contribution in [2.24, 2.45) is 0 Å². The molecule has 2 rings (SSSR count). The number of amides is 2. The van der Waals surface area contributed by atoms with Crippen molar-refractivity contribution in [2.75, 3.05) is 23.7 Å². The van der Waals surface area contributed by atoms with Crippen LogP contribution in [-0.2, 0) is 26.2 Å². The molecule has 2 aromatic carbocycles.